The van der Waals surface area contributed by atoms with Crippen LogP contribution in [-0.4, -0.2) is 13.6 Å². The summed E-state index contributed by atoms with van der Waals surface area (Å²) in [7, 11) is 2.06. The van der Waals surface area contributed by atoms with Crippen molar-refractivity contribution < 1.29 is 0 Å². The van der Waals surface area contributed by atoms with Crippen LogP contribution in [0.4, 0.5) is 5.69 Å². The van der Waals surface area contributed by atoms with Gasteiger partial charge in [0, 0.05) is 18.1 Å². The second kappa shape index (κ2) is 4.47. The van der Waals surface area contributed by atoms with Crippen molar-refractivity contribution in [2.45, 2.75) is 13.3 Å². The molecule has 2 atom stereocenters. The molecule has 1 aliphatic carbocycles. The molecule has 2 unspecified atom stereocenters. The van der Waals surface area contributed by atoms with E-state index >= 15 is 0 Å². The van der Waals surface area contributed by atoms with Crippen LogP contribution < -0.4 is 4.90 Å². The van der Waals surface area contributed by atoms with E-state index in [1.165, 1.54) is 6.42 Å². The molecule has 0 N–H and O–H groups in total. The van der Waals surface area contributed by atoms with Crippen LogP contribution in [0, 0.1) is 23.2 Å². The SMILES string of the molecule is CC1CC1CN(C)c1cccc(Br)c1C#N. The molecule has 0 spiro atoms. The molecule has 1 aliphatic rings. The van der Waals surface area contributed by atoms with Crippen molar-refractivity contribution in [3.8, 4) is 6.07 Å². The second-order valence-electron chi connectivity index (χ2n) is 4.60. The third-order valence-electron chi connectivity index (χ3n) is 3.30. The van der Waals surface area contributed by atoms with Gasteiger partial charge in [-0.25, -0.2) is 0 Å². The number of hydrogen-bond donors (Lipinski definition) is 0. The minimum absolute atomic E-state index is 0.735. The molecule has 84 valence electrons. The minimum Gasteiger partial charge on any atom is -0.373 e. The lowest BCUT2D eigenvalue weighted by Gasteiger charge is -2.21. The maximum absolute atomic E-state index is 9.14. The fourth-order valence-corrected chi connectivity index (χ4v) is 2.49. The predicted molar refractivity (Wildman–Crippen MR) is 69.4 cm³/mol. The van der Waals surface area contributed by atoms with Gasteiger partial charge in [-0.05, 0) is 46.3 Å². The van der Waals surface area contributed by atoms with Crippen molar-refractivity contribution in [3.05, 3.63) is 28.2 Å². The zero-order valence-corrected chi connectivity index (χ0v) is 11.2. The number of rotatable bonds is 3. The third-order valence-corrected chi connectivity index (χ3v) is 3.96. The third kappa shape index (κ3) is 2.22. The van der Waals surface area contributed by atoms with Crippen molar-refractivity contribution >= 4 is 21.6 Å². The second-order valence-corrected chi connectivity index (χ2v) is 5.45. The van der Waals surface area contributed by atoms with Crippen molar-refractivity contribution in [3.63, 3.8) is 0 Å². The lowest BCUT2D eigenvalue weighted by Crippen LogP contribution is -2.21. The molecule has 1 aromatic carbocycles. The zero-order valence-electron chi connectivity index (χ0n) is 9.57. The maximum Gasteiger partial charge on any atom is 0.103 e. The van der Waals surface area contributed by atoms with E-state index in [9.17, 15) is 0 Å². The molecule has 0 saturated heterocycles. The highest BCUT2D eigenvalue weighted by atomic mass is 79.9. The minimum atomic E-state index is 0.735. The summed E-state index contributed by atoms with van der Waals surface area (Å²) in [5.74, 6) is 1.65. The molecule has 0 aromatic heterocycles. The molecule has 1 saturated carbocycles. The van der Waals surface area contributed by atoms with Gasteiger partial charge >= 0.3 is 0 Å². The highest BCUT2D eigenvalue weighted by molar-refractivity contribution is 9.10. The smallest absolute Gasteiger partial charge is 0.103 e. The number of benzene rings is 1. The number of nitrogens with zero attached hydrogens (tertiary/aromatic N) is 2. The summed E-state index contributed by atoms with van der Waals surface area (Å²) >= 11 is 3.42. The van der Waals surface area contributed by atoms with E-state index in [2.05, 4.69) is 40.9 Å². The lowest BCUT2D eigenvalue weighted by atomic mass is 10.1. The summed E-state index contributed by atoms with van der Waals surface area (Å²) in [4.78, 5) is 2.19. The Bertz CT molecular complexity index is 436. The summed E-state index contributed by atoms with van der Waals surface area (Å²) in [6.07, 6.45) is 1.32. The van der Waals surface area contributed by atoms with Gasteiger partial charge < -0.3 is 4.90 Å². The summed E-state index contributed by atoms with van der Waals surface area (Å²) in [6, 6.07) is 8.16. The van der Waals surface area contributed by atoms with E-state index in [0.29, 0.717) is 0 Å². The van der Waals surface area contributed by atoms with Gasteiger partial charge in [0.2, 0.25) is 0 Å². The molecule has 1 aromatic rings. The number of halogens is 1. The van der Waals surface area contributed by atoms with Crippen LogP contribution in [0.15, 0.2) is 22.7 Å². The molecule has 0 heterocycles. The van der Waals surface area contributed by atoms with Crippen LogP contribution in [0.25, 0.3) is 0 Å². The summed E-state index contributed by atoms with van der Waals surface area (Å²) < 4.78 is 0.878. The molecule has 16 heavy (non-hydrogen) atoms. The average molecular weight is 279 g/mol. The van der Waals surface area contributed by atoms with Crippen LogP contribution in [0.3, 0.4) is 0 Å². The number of nitriles is 1. The van der Waals surface area contributed by atoms with Crippen LogP contribution in [0.1, 0.15) is 18.9 Å². The van der Waals surface area contributed by atoms with Gasteiger partial charge in [-0.1, -0.05) is 13.0 Å². The van der Waals surface area contributed by atoms with Gasteiger partial charge in [-0.2, -0.15) is 5.26 Å². The number of hydrogen-bond acceptors (Lipinski definition) is 2. The van der Waals surface area contributed by atoms with Gasteiger partial charge in [0.05, 0.1) is 11.3 Å². The lowest BCUT2D eigenvalue weighted by molar-refractivity contribution is 0.725. The molecule has 1 fully saturated rings. The molecular weight excluding hydrogens is 264 g/mol. The highest BCUT2D eigenvalue weighted by Gasteiger charge is 2.33. The molecule has 3 heteroatoms. The van der Waals surface area contributed by atoms with E-state index < -0.39 is 0 Å². The number of anilines is 1. The molecule has 0 bridgehead atoms. The summed E-state index contributed by atoms with van der Waals surface area (Å²) in [5, 5.41) is 9.14. The standard InChI is InChI=1S/C13H15BrN2/c1-9-6-10(9)8-16(2)13-5-3-4-12(14)11(13)7-15/h3-5,9-10H,6,8H2,1-2H3. The fraction of sp³-hybridized carbons (Fsp3) is 0.462. The van der Waals surface area contributed by atoms with E-state index in [0.717, 1.165) is 34.1 Å². The van der Waals surface area contributed by atoms with E-state index in [1.807, 2.05) is 18.2 Å². The molecule has 2 rings (SSSR count). The van der Waals surface area contributed by atoms with Gasteiger partial charge in [0.1, 0.15) is 6.07 Å². The van der Waals surface area contributed by atoms with Crippen molar-refractivity contribution in [2.24, 2.45) is 11.8 Å². The Morgan fingerprint density at radius 1 is 1.56 bits per heavy atom. The largest absolute Gasteiger partial charge is 0.373 e. The van der Waals surface area contributed by atoms with E-state index in [1.54, 1.807) is 0 Å². The average Bonchev–Trinajstić information content (AvgIpc) is 2.93. The Labute approximate surface area is 105 Å². The van der Waals surface area contributed by atoms with Crippen molar-refractivity contribution in [1.82, 2.24) is 0 Å². The summed E-state index contributed by atoms with van der Waals surface area (Å²) in [5.41, 5.74) is 1.76. The van der Waals surface area contributed by atoms with Crippen LogP contribution in [-0.2, 0) is 0 Å². The first kappa shape index (κ1) is 11.5. The van der Waals surface area contributed by atoms with E-state index in [-0.39, 0.29) is 0 Å². The Balaban J connectivity index is 2.19. The van der Waals surface area contributed by atoms with E-state index in [4.69, 9.17) is 5.26 Å². The molecule has 0 aliphatic heterocycles. The Kier molecular flexibility index (Phi) is 3.20. The van der Waals surface area contributed by atoms with Crippen LogP contribution in [0.2, 0.25) is 0 Å². The molecular formula is C13H15BrN2. The Morgan fingerprint density at radius 2 is 2.25 bits per heavy atom. The normalized spacial score (nSPS) is 22.6. The zero-order chi connectivity index (χ0) is 11.7. The van der Waals surface area contributed by atoms with Gasteiger partial charge in [0.15, 0.2) is 0 Å². The predicted octanol–water partition coefficient (Wildman–Crippen LogP) is 3.41. The van der Waals surface area contributed by atoms with Crippen LogP contribution >= 0.6 is 15.9 Å². The highest BCUT2D eigenvalue weighted by Crippen LogP contribution is 2.39. The van der Waals surface area contributed by atoms with Gasteiger partial charge in [-0.15, -0.1) is 0 Å². The first-order chi connectivity index (χ1) is 7.63. The van der Waals surface area contributed by atoms with Gasteiger partial charge in [0.25, 0.3) is 0 Å². The molecule has 2 nitrogen and oxygen atoms in total. The topological polar surface area (TPSA) is 27.0 Å². The maximum atomic E-state index is 9.14. The quantitative estimate of drug-likeness (QED) is 0.847. The van der Waals surface area contributed by atoms with Crippen LogP contribution in [0.5, 0.6) is 0 Å². The van der Waals surface area contributed by atoms with Crippen molar-refractivity contribution in [2.75, 3.05) is 18.5 Å². The summed E-state index contributed by atoms with van der Waals surface area (Å²) in [6.45, 7) is 3.33. The molecule has 0 amide bonds. The Morgan fingerprint density at radius 3 is 2.81 bits per heavy atom. The first-order valence-corrected chi connectivity index (χ1v) is 6.32. The van der Waals surface area contributed by atoms with Gasteiger partial charge in [-0.3, -0.25) is 0 Å². The fourth-order valence-electron chi connectivity index (χ4n) is 2.05. The first-order valence-electron chi connectivity index (χ1n) is 5.53. The Hall–Kier alpha value is -1.01. The monoisotopic (exact) mass is 278 g/mol. The van der Waals surface area contributed by atoms with Crippen molar-refractivity contribution in [1.29, 1.82) is 5.26 Å². The molecule has 0 radical (unpaired) electrons.